The minimum absolute atomic E-state index is 0.153. The number of hydrogen-bond acceptors (Lipinski definition) is 7. The molecule has 0 spiro atoms. The normalized spacial score (nSPS) is 12.7. The Labute approximate surface area is 125 Å². The molecular formula is C11H5F3N2O4S2. The summed E-state index contributed by atoms with van der Waals surface area (Å²) in [5, 5.41) is 2.08. The van der Waals surface area contributed by atoms with Crippen LogP contribution in [0.25, 0.3) is 21.7 Å². The van der Waals surface area contributed by atoms with Crippen LogP contribution in [0.15, 0.2) is 34.5 Å². The maximum absolute atomic E-state index is 12.4. The summed E-state index contributed by atoms with van der Waals surface area (Å²) in [5.74, 6) is -0.524. The molecular weight excluding hydrogens is 345 g/mol. The maximum Gasteiger partial charge on any atom is 0.534 e. The van der Waals surface area contributed by atoms with Crippen LogP contribution in [0.5, 0.6) is 5.75 Å². The second kappa shape index (κ2) is 4.95. The van der Waals surface area contributed by atoms with Crippen LogP contribution >= 0.6 is 11.3 Å². The second-order valence-electron chi connectivity index (χ2n) is 3.99. The van der Waals surface area contributed by atoms with Crippen LogP contribution in [0.1, 0.15) is 0 Å². The fourth-order valence-electron chi connectivity index (χ4n) is 1.68. The molecule has 0 bridgehead atoms. The van der Waals surface area contributed by atoms with Crippen molar-refractivity contribution in [3.63, 3.8) is 0 Å². The lowest BCUT2D eigenvalue weighted by molar-refractivity contribution is -0.0500. The van der Waals surface area contributed by atoms with E-state index in [2.05, 4.69) is 14.2 Å². The molecule has 22 heavy (non-hydrogen) atoms. The summed E-state index contributed by atoms with van der Waals surface area (Å²) < 4.78 is 68.6. The van der Waals surface area contributed by atoms with Crippen molar-refractivity contribution in [3.8, 4) is 16.3 Å². The van der Waals surface area contributed by atoms with Gasteiger partial charge in [0.05, 0.1) is 5.56 Å². The van der Waals surface area contributed by atoms with Gasteiger partial charge in [0.25, 0.3) is 0 Å². The first-order chi connectivity index (χ1) is 10.3. The number of halogens is 3. The van der Waals surface area contributed by atoms with Gasteiger partial charge in [-0.3, -0.25) is 0 Å². The summed E-state index contributed by atoms with van der Waals surface area (Å²) in [7, 11) is -5.76. The first kappa shape index (κ1) is 14.8. The van der Waals surface area contributed by atoms with Crippen LogP contribution in [-0.4, -0.2) is 23.9 Å². The third-order valence-corrected chi connectivity index (χ3v) is 4.34. The van der Waals surface area contributed by atoms with Crippen LogP contribution in [0.2, 0.25) is 0 Å². The Bertz CT molecular complexity index is 917. The van der Waals surface area contributed by atoms with Gasteiger partial charge in [0.2, 0.25) is 0 Å². The maximum atomic E-state index is 12.4. The molecule has 0 atom stereocenters. The molecule has 0 amide bonds. The summed E-state index contributed by atoms with van der Waals surface area (Å²) in [6, 6.07) is 2.15. The molecule has 0 saturated heterocycles. The van der Waals surface area contributed by atoms with Gasteiger partial charge in [-0.05, 0) is 6.07 Å². The molecule has 0 unspecified atom stereocenters. The molecule has 3 rings (SSSR count). The van der Waals surface area contributed by atoms with E-state index < -0.39 is 21.4 Å². The van der Waals surface area contributed by atoms with Gasteiger partial charge in [0.1, 0.15) is 16.3 Å². The second-order valence-corrected chi connectivity index (χ2v) is 6.42. The first-order valence-electron chi connectivity index (χ1n) is 5.56. The minimum Gasteiger partial charge on any atom is -0.443 e. The van der Waals surface area contributed by atoms with Crippen LogP contribution in [0, 0.1) is 0 Å². The highest BCUT2D eigenvalue weighted by Gasteiger charge is 2.48. The van der Waals surface area contributed by atoms with Crippen LogP contribution < -0.4 is 4.18 Å². The molecule has 11 heteroatoms. The van der Waals surface area contributed by atoms with E-state index in [-0.39, 0.29) is 16.7 Å². The molecule has 0 fully saturated rings. The van der Waals surface area contributed by atoms with E-state index in [1.165, 1.54) is 17.5 Å². The van der Waals surface area contributed by atoms with E-state index in [4.69, 9.17) is 4.42 Å². The fourth-order valence-corrected chi connectivity index (χ4v) is 2.78. The molecule has 2 aromatic heterocycles. The number of aromatic nitrogens is 2. The molecule has 1 aromatic carbocycles. The van der Waals surface area contributed by atoms with Crippen LogP contribution in [0.3, 0.4) is 0 Å². The van der Waals surface area contributed by atoms with Gasteiger partial charge in [0, 0.05) is 17.6 Å². The number of thiazole rings is 1. The Kier molecular flexibility index (Phi) is 3.33. The molecule has 6 nitrogen and oxygen atoms in total. The summed E-state index contributed by atoms with van der Waals surface area (Å²) in [6.45, 7) is 0. The smallest absolute Gasteiger partial charge is 0.443 e. The standard InChI is InChI=1S/C11H5F3N2O4S2/c12-11(13,14)22(17,18)20-6-3-7(10-15-1-2-21-10)9-8(4-6)16-5-19-9/h1-5H. The Morgan fingerprint density at radius 1 is 1.23 bits per heavy atom. The summed E-state index contributed by atoms with van der Waals surface area (Å²) in [6.07, 6.45) is 2.58. The van der Waals surface area contributed by atoms with E-state index >= 15 is 0 Å². The molecule has 0 saturated carbocycles. The van der Waals surface area contributed by atoms with Crippen LogP contribution in [0.4, 0.5) is 13.2 Å². The zero-order valence-electron chi connectivity index (χ0n) is 10.4. The number of nitrogens with zero attached hydrogens (tertiary/aromatic N) is 2. The van der Waals surface area contributed by atoms with Crippen molar-refractivity contribution in [1.82, 2.24) is 9.97 Å². The Morgan fingerprint density at radius 2 is 2.00 bits per heavy atom. The summed E-state index contributed by atoms with van der Waals surface area (Å²) in [4.78, 5) is 7.80. The minimum atomic E-state index is -5.76. The van der Waals surface area contributed by atoms with Crippen molar-refractivity contribution in [1.29, 1.82) is 0 Å². The average Bonchev–Trinajstić information content (AvgIpc) is 3.07. The molecule has 0 aliphatic heterocycles. The van der Waals surface area contributed by atoms with Gasteiger partial charge in [-0.25, -0.2) is 9.97 Å². The van der Waals surface area contributed by atoms with Crippen molar-refractivity contribution in [2.24, 2.45) is 0 Å². The van der Waals surface area contributed by atoms with Gasteiger partial charge in [-0.15, -0.1) is 11.3 Å². The van der Waals surface area contributed by atoms with Gasteiger partial charge in [0.15, 0.2) is 12.0 Å². The van der Waals surface area contributed by atoms with E-state index in [9.17, 15) is 21.6 Å². The van der Waals surface area contributed by atoms with Crippen LogP contribution in [-0.2, 0) is 10.1 Å². The van der Waals surface area contributed by atoms with Crippen molar-refractivity contribution in [2.75, 3.05) is 0 Å². The van der Waals surface area contributed by atoms with Crippen molar-refractivity contribution in [3.05, 3.63) is 30.1 Å². The first-order valence-corrected chi connectivity index (χ1v) is 7.84. The quantitative estimate of drug-likeness (QED) is 0.533. The van der Waals surface area contributed by atoms with Crippen molar-refractivity contribution in [2.45, 2.75) is 5.51 Å². The Morgan fingerprint density at radius 3 is 2.64 bits per heavy atom. The predicted molar refractivity (Wildman–Crippen MR) is 70.7 cm³/mol. The zero-order valence-corrected chi connectivity index (χ0v) is 12.0. The lowest BCUT2D eigenvalue weighted by Gasteiger charge is -2.10. The van der Waals surface area contributed by atoms with E-state index in [0.29, 0.717) is 5.01 Å². The molecule has 3 aromatic rings. The monoisotopic (exact) mass is 350 g/mol. The van der Waals surface area contributed by atoms with Gasteiger partial charge < -0.3 is 8.60 Å². The number of oxazole rings is 1. The molecule has 0 N–H and O–H groups in total. The highest BCUT2D eigenvalue weighted by atomic mass is 32.2. The van der Waals surface area contributed by atoms with Crippen molar-refractivity contribution < 1.29 is 30.2 Å². The Hall–Kier alpha value is -2.14. The largest absolute Gasteiger partial charge is 0.534 e. The van der Waals surface area contributed by atoms with E-state index in [1.54, 1.807) is 5.38 Å². The lowest BCUT2D eigenvalue weighted by atomic mass is 10.2. The van der Waals surface area contributed by atoms with Gasteiger partial charge in [-0.2, -0.15) is 21.6 Å². The number of alkyl halides is 3. The van der Waals surface area contributed by atoms with Gasteiger partial charge >= 0.3 is 15.6 Å². The molecule has 2 heterocycles. The van der Waals surface area contributed by atoms with E-state index in [0.717, 1.165) is 18.5 Å². The topological polar surface area (TPSA) is 82.3 Å². The average molecular weight is 350 g/mol. The third kappa shape index (κ3) is 2.52. The molecule has 0 radical (unpaired) electrons. The predicted octanol–water partition coefficient (Wildman–Crippen LogP) is 3.18. The number of benzene rings is 1. The number of rotatable bonds is 3. The molecule has 116 valence electrons. The highest BCUT2D eigenvalue weighted by Crippen LogP contribution is 2.35. The fraction of sp³-hybridized carbons (Fsp3) is 0.0909. The third-order valence-electron chi connectivity index (χ3n) is 2.56. The van der Waals surface area contributed by atoms with Gasteiger partial charge in [-0.1, -0.05) is 0 Å². The summed E-state index contributed by atoms with van der Waals surface area (Å²) >= 11 is 1.20. The summed E-state index contributed by atoms with van der Waals surface area (Å²) in [5.41, 5.74) is -4.81. The lowest BCUT2D eigenvalue weighted by Crippen LogP contribution is -2.28. The zero-order chi connectivity index (χ0) is 16.0. The number of fused-ring (bicyclic) bond motifs is 1. The SMILES string of the molecule is O=S(=O)(Oc1cc(-c2nccs2)c2ocnc2c1)C(F)(F)F. The van der Waals surface area contributed by atoms with E-state index in [1.807, 2.05) is 0 Å². The molecule has 0 aliphatic rings. The number of hydrogen-bond donors (Lipinski definition) is 0. The Balaban J connectivity index is 2.13. The highest BCUT2D eigenvalue weighted by molar-refractivity contribution is 7.88. The van der Waals surface area contributed by atoms with Crippen molar-refractivity contribution >= 4 is 32.6 Å². The molecule has 0 aliphatic carbocycles.